The van der Waals surface area contributed by atoms with Crippen LogP contribution in [0.25, 0.3) is 5.70 Å². The van der Waals surface area contributed by atoms with E-state index in [1.54, 1.807) is 37.5 Å². The van der Waals surface area contributed by atoms with Crippen molar-refractivity contribution in [3.8, 4) is 5.75 Å². The number of nitro benzene ring substituents is 1. The van der Waals surface area contributed by atoms with Crippen molar-refractivity contribution in [2.45, 2.75) is 20.8 Å². The highest BCUT2D eigenvalue weighted by atomic mass is 32.2. The average molecular weight is 408 g/mol. The van der Waals surface area contributed by atoms with Crippen molar-refractivity contribution < 1.29 is 14.5 Å². The normalized spacial score (nSPS) is 14.3. The lowest BCUT2D eigenvalue weighted by molar-refractivity contribution is -0.384. The summed E-state index contributed by atoms with van der Waals surface area (Å²) in [6.07, 6.45) is 1.61. The van der Waals surface area contributed by atoms with Crippen LogP contribution in [0.4, 0.5) is 5.69 Å². The third-order valence-electron chi connectivity index (χ3n) is 4.61. The summed E-state index contributed by atoms with van der Waals surface area (Å²) in [7, 11) is 0. The molecular formula is C22H20N2O4S. The van der Waals surface area contributed by atoms with Gasteiger partial charge in [-0.3, -0.25) is 14.9 Å². The molecule has 148 valence electrons. The molecule has 1 aliphatic rings. The summed E-state index contributed by atoms with van der Waals surface area (Å²) in [5.41, 5.74) is 4.63. The van der Waals surface area contributed by atoms with Crippen molar-refractivity contribution in [2.75, 3.05) is 0 Å². The second kappa shape index (κ2) is 8.36. The lowest BCUT2D eigenvalue weighted by atomic mass is 9.96. The van der Waals surface area contributed by atoms with Gasteiger partial charge in [0.25, 0.3) is 5.69 Å². The first-order valence-electron chi connectivity index (χ1n) is 8.84. The molecule has 1 heterocycles. The van der Waals surface area contributed by atoms with Crippen LogP contribution >= 0.6 is 11.8 Å². The lowest BCUT2D eigenvalue weighted by Crippen LogP contribution is -2.06. The first-order chi connectivity index (χ1) is 13.8. The molecule has 29 heavy (non-hydrogen) atoms. The maximum atomic E-state index is 12.2. The Morgan fingerprint density at radius 3 is 2.48 bits per heavy atom. The van der Waals surface area contributed by atoms with E-state index in [-0.39, 0.29) is 11.5 Å². The summed E-state index contributed by atoms with van der Waals surface area (Å²) in [5.74, 6) is 0.597. The Bertz CT molecular complexity index is 1070. The molecule has 0 saturated heterocycles. The summed E-state index contributed by atoms with van der Waals surface area (Å²) in [6.45, 7) is 9.22. The summed E-state index contributed by atoms with van der Waals surface area (Å²) in [5, 5.41) is 16.7. The van der Waals surface area contributed by atoms with E-state index in [2.05, 4.69) is 11.9 Å². The van der Waals surface area contributed by atoms with Crippen LogP contribution in [-0.4, -0.2) is 10.7 Å². The van der Waals surface area contributed by atoms with Crippen molar-refractivity contribution in [1.82, 2.24) is 5.32 Å². The quantitative estimate of drug-likeness (QED) is 0.224. The molecule has 0 aromatic heterocycles. The van der Waals surface area contributed by atoms with Crippen molar-refractivity contribution >= 4 is 28.9 Å². The molecule has 0 amide bonds. The van der Waals surface area contributed by atoms with Gasteiger partial charge in [0.15, 0.2) is 5.78 Å². The standard InChI is InChI=1S/C22H20N2O4S/c1-13(2)22(25)18-9-10-20(15(4)14(18)3)28-11-21-23-19(12-29-21)16-5-7-17(8-6-16)24(26)27/h5-12,23H,1H2,2-4H3/b21-11+. The number of carbonyl (C=O) groups excluding carboxylic acids is 1. The molecule has 0 spiro atoms. The van der Waals surface area contributed by atoms with Gasteiger partial charge in [0.1, 0.15) is 17.0 Å². The number of hydrogen-bond acceptors (Lipinski definition) is 6. The smallest absolute Gasteiger partial charge is 0.269 e. The Balaban J connectivity index is 1.70. The number of nitrogens with one attached hydrogen (secondary N) is 1. The van der Waals surface area contributed by atoms with Gasteiger partial charge in [0.2, 0.25) is 0 Å². The lowest BCUT2D eigenvalue weighted by Gasteiger charge is -2.12. The summed E-state index contributed by atoms with van der Waals surface area (Å²) in [6, 6.07) is 9.88. The highest BCUT2D eigenvalue weighted by Crippen LogP contribution is 2.32. The number of benzene rings is 2. The Kier molecular flexibility index (Phi) is 5.89. The molecule has 0 atom stereocenters. The van der Waals surface area contributed by atoms with Gasteiger partial charge in [-0.1, -0.05) is 18.3 Å². The van der Waals surface area contributed by atoms with Gasteiger partial charge in [-0.2, -0.15) is 0 Å². The number of hydrogen-bond donors (Lipinski definition) is 1. The van der Waals surface area contributed by atoms with Crippen molar-refractivity contribution in [1.29, 1.82) is 0 Å². The van der Waals surface area contributed by atoms with Crippen LogP contribution < -0.4 is 10.1 Å². The maximum Gasteiger partial charge on any atom is 0.269 e. The van der Waals surface area contributed by atoms with Crippen molar-refractivity contribution in [2.24, 2.45) is 0 Å². The molecule has 0 fully saturated rings. The molecule has 7 heteroatoms. The van der Waals surface area contributed by atoms with Crippen LogP contribution in [0, 0.1) is 24.0 Å². The van der Waals surface area contributed by atoms with E-state index in [4.69, 9.17) is 4.74 Å². The van der Waals surface area contributed by atoms with E-state index in [1.807, 2.05) is 19.3 Å². The van der Waals surface area contributed by atoms with E-state index < -0.39 is 4.92 Å². The zero-order chi connectivity index (χ0) is 21.1. The fourth-order valence-corrected chi connectivity index (χ4v) is 3.50. The van der Waals surface area contributed by atoms with Crippen LogP contribution in [-0.2, 0) is 0 Å². The van der Waals surface area contributed by atoms with Gasteiger partial charge in [0, 0.05) is 23.1 Å². The second-order valence-corrected chi connectivity index (χ2v) is 7.56. The molecular weight excluding hydrogens is 388 g/mol. The number of ether oxygens (including phenoxy) is 1. The molecule has 2 aromatic rings. The minimum Gasteiger partial charge on any atom is -0.462 e. The molecule has 0 saturated carbocycles. The summed E-state index contributed by atoms with van der Waals surface area (Å²) >= 11 is 1.46. The van der Waals surface area contributed by atoms with Gasteiger partial charge >= 0.3 is 0 Å². The van der Waals surface area contributed by atoms with E-state index >= 15 is 0 Å². The summed E-state index contributed by atoms with van der Waals surface area (Å²) < 4.78 is 5.83. The first-order valence-corrected chi connectivity index (χ1v) is 9.72. The second-order valence-electron chi connectivity index (χ2n) is 6.65. The fraction of sp³-hybridized carbons (Fsp3) is 0.136. The fourth-order valence-electron chi connectivity index (χ4n) is 2.79. The molecule has 0 unspecified atom stereocenters. The number of rotatable bonds is 6. The largest absolute Gasteiger partial charge is 0.462 e. The van der Waals surface area contributed by atoms with E-state index in [1.165, 1.54) is 23.9 Å². The summed E-state index contributed by atoms with van der Waals surface area (Å²) in [4.78, 5) is 22.6. The average Bonchev–Trinajstić information content (AvgIpc) is 3.17. The van der Waals surface area contributed by atoms with Crippen LogP contribution in [0.1, 0.15) is 34.0 Å². The van der Waals surface area contributed by atoms with Crippen molar-refractivity contribution in [3.63, 3.8) is 0 Å². The Hall–Kier alpha value is -3.32. The number of non-ortho nitro benzene ring substituents is 1. The molecule has 2 aromatic carbocycles. The zero-order valence-corrected chi connectivity index (χ0v) is 17.1. The maximum absolute atomic E-state index is 12.2. The Labute approximate surface area is 173 Å². The molecule has 0 aliphatic carbocycles. The Morgan fingerprint density at radius 1 is 1.17 bits per heavy atom. The molecule has 0 bridgehead atoms. The molecule has 1 N–H and O–H groups in total. The molecule has 0 radical (unpaired) electrons. The molecule has 3 rings (SSSR count). The van der Waals surface area contributed by atoms with Crippen LogP contribution in [0.3, 0.4) is 0 Å². The monoisotopic (exact) mass is 408 g/mol. The Morgan fingerprint density at radius 2 is 1.86 bits per heavy atom. The number of nitrogens with zero attached hydrogens (tertiary/aromatic N) is 1. The third kappa shape index (κ3) is 4.41. The predicted octanol–water partition coefficient (Wildman–Crippen LogP) is 5.48. The SMILES string of the molecule is C=C(C)C(=O)c1ccc(O/C=C2\NC(c3ccc([N+](=O)[O-])cc3)=CS2)c(C)c1C. The third-order valence-corrected chi connectivity index (χ3v) is 5.42. The minimum atomic E-state index is -0.423. The van der Waals surface area contributed by atoms with Crippen LogP contribution in [0.15, 0.2) is 65.2 Å². The van der Waals surface area contributed by atoms with Gasteiger partial charge in [0.05, 0.1) is 10.6 Å². The van der Waals surface area contributed by atoms with E-state index in [0.717, 1.165) is 27.4 Å². The number of nitro groups is 1. The predicted molar refractivity (Wildman–Crippen MR) is 116 cm³/mol. The number of allylic oxidation sites excluding steroid dienone is 1. The van der Waals surface area contributed by atoms with E-state index in [9.17, 15) is 14.9 Å². The number of Topliss-reactive ketones (excluding diaryl/α,β-unsaturated/α-hetero) is 1. The van der Waals surface area contributed by atoms with Crippen LogP contribution in [0.2, 0.25) is 0 Å². The molecule has 1 aliphatic heterocycles. The topological polar surface area (TPSA) is 81.5 Å². The van der Waals surface area contributed by atoms with Gasteiger partial charge in [-0.25, -0.2) is 0 Å². The van der Waals surface area contributed by atoms with Gasteiger partial charge in [-0.15, -0.1) is 0 Å². The van der Waals surface area contributed by atoms with Crippen LogP contribution in [0.5, 0.6) is 5.75 Å². The van der Waals surface area contributed by atoms with Gasteiger partial charge in [-0.05, 0) is 67.3 Å². The molecule has 6 nitrogen and oxygen atoms in total. The number of thioether (sulfide) groups is 1. The van der Waals surface area contributed by atoms with E-state index in [0.29, 0.717) is 16.9 Å². The highest BCUT2D eigenvalue weighted by molar-refractivity contribution is 8.06. The highest BCUT2D eigenvalue weighted by Gasteiger charge is 2.16. The van der Waals surface area contributed by atoms with Gasteiger partial charge < -0.3 is 10.1 Å². The van der Waals surface area contributed by atoms with Crippen molar-refractivity contribution in [3.05, 3.63) is 97.6 Å². The number of ketones is 1. The first kappa shape index (κ1) is 20.4. The number of carbonyl (C=O) groups is 1. The minimum absolute atomic E-state index is 0.0542. The zero-order valence-electron chi connectivity index (χ0n) is 16.3.